The van der Waals surface area contributed by atoms with Gasteiger partial charge in [0.15, 0.2) is 0 Å². The molecule has 0 radical (unpaired) electrons. The van der Waals surface area contributed by atoms with E-state index in [0.29, 0.717) is 17.6 Å². The lowest BCUT2D eigenvalue weighted by molar-refractivity contribution is -0.118. The highest BCUT2D eigenvalue weighted by Gasteiger charge is 2.43. The first-order valence-electron chi connectivity index (χ1n) is 9.06. The Bertz CT molecular complexity index is 598. The molecule has 0 bridgehead atoms. The lowest BCUT2D eigenvalue weighted by atomic mass is 10.0. The molecule has 1 N–H and O–H groups in total. The van der Waals surface area contributed by atoms with Gasteiger partial charge < -0.3 is 10.1 Å². The van der Waals surface area contributed by atoms with Crippen molar-refractivity contribution in [1.29, 1.82) is 0 Å². The number of anilines is 1. The predicted octanol–water partition coefficient (Wildman–Crippen LogP) is 3.63. The van der Waals surface area contributed by atoms with Gasteiger partial charge in [-0.2, -0.15) is 0 Å². The van der Waals surface area contributed by atoms with E-state index in [1.54, 1.807) is 0 Å². The van der Waals surface area contributed by atoms with E-state index in [2.05, 4.69) is 5.32 Å². The van der Waals surface area contributed by atoms with Gasteiger partial charge in [-0.15, -0.1) is 0 Å². The maximum atomic E-state index is 12.5. The van der Waals surface area contributed by atoms with E-state index in [1.807, 2.05) is 31.2 Å². The van der Waals surface area contributed by atoms with Crippen molar-refractivity contribution in [2.75, 3.05) is 11.9 Å². The summed E-state index contributed by atoms with van der Waals surface area (Å²) in [5, 5.41) is 3.31. The van der Waals surface area contributed by atoms with Gasteiger partial charge in [-0.1, -0.05) is 31.4 Å². The molecule has 24 heavy (non-hydrogen) atoms. The van der Waals surface area contributed by atoms with Gasteiger partial charge in [0, 0.05) is 34.1 Å². The SMILES string of the molecule is CCO[C@@H]1C[C@@H]1C(=O)Nc1cccc(C[S@@](=O)C2CCCCC2)c1. The molecule has 0 unspecified atom stereocenters. The van der Waals surface area contributed by atoms with Gasteiger partial charge in [0.2, 0.25) is 5.91 Å². The number of carbonyl (C=O) groups is 1. The van der Waals surface area contributed by atoms with Crippen LogP contribution in [0.5, 0.6) is 0 Å². The van der Waals surface area contributed by atoms with Gasteiger partial charge in [-0.3, -0.25) is 9.00 Å². The third-order valence-corrected chi connectivity index (χ3v) is 6.71. The van der Waals surface area contributed by atoms with Crippen LogP contribution in [0.3, 0.4) is 0 Å². The van der Waals surface area contributed by atoms with Crippen molar-refractivity contribution in [3.8, 4) is 0 Å². The zero-order valence-corrected chi connectivity index (χ0v) is 15.1. The summed E-state index contributed by atoms with van der Waals surface area (Å²) in [6.45, 7) is 2.60. The van der Waals surface area contributed by atoms with Crippen LogP contribution < -0.4 is 5.32 Å². The molecule has 1 amide bonds. The number of rotatable bonds is 7. The predicted molar refractivity (Wildman–Crippen MR) is 97.3 cm³/mol. The summed E-state index contributed by atoms with van der Waals surface area (Å²) in [7, 11) is -0.816. The van der Waals surface area contributed by atoms with Crippen LogP contribution in [0.25, 0.3) is 0 Å². The molecule has 0 heterocycles. The van der Waals surface area contributed by atoms with Gasteiger partial charge >= 0.3 is 0 Å². The minimum Gasteiger partial charge on any atom is -0.378 e. The molecule has 3 rings (SSSR count). The van der Waals surface area contributed by atoms with Crippen LogP contribution >= 0.6 is 0 Å². The first-order valence-corrected chi connectivity index (χ1v) is 10.4. The average molecular weight is 349 g/mol. The highest BCUT2D eigenvalue weighted by atomic mass is 32.2. The quantitative estimate of drug-likeness (QED) is 0.818. The summed E-state index contributed by atoms with van der Waals surface area (Å²) in [4.78, 5) is 12.2. The number of carbonyl (C=O) groups excluding carboxylic acids is 1. The Hall–Kier alpha value is -1.20. The normalized spacial score (nSPS) is 25.2. The molecule has 1 aromatic rings. The minimum absolute atomic E-state index is 0.0232. The molecule has 2 aliphatic carbocycles. The Kier molecular flexibility index (Phi) is 6.06. The maximum absolute atomic E-state index is 12.5. The average Bonchev–Trinajstić information content (AvgIpc) is 3.36. The summed E-state index contributed by atoms with van der Waals surface area (Å²) < 4.78 is 18.0. The van der Waals surface area contributed by atoms with Crippen LogP contribution in [0.15, 0.2) is 24.3 Å². The van der Waals surface area contributed by atoms with Crippen molar-refractivity contribution in [3.63, 3.8) is 0 Å². The lowest BCUT2D eigenvalue weighted by Crippen LogP contribution is -2.20. The lowest BCUT2D eigenvalue weighted by Gasteiger charge is -2.21. The summed E-state index contributed by atoms with van der Waals surface area (Å²) in [6, 6.07) is 7.77. The second kappa shape index (κ2) is 8.26. The zero-order chi connectivity index (χ0) is 16.9. The van der Waals surface area contributed by atoms with Crippen LogP contribution in [0.4, 0.5) is 5.69 Å². The van der Waals surface area contributed by atoms with E-state index in [1.165, 1.54) is 19.3 Å². The van der Waals surface area contributed by atoms with Crippen molar-refractivity contribution in [2.45, 2.75) is 62.6 Å². The summed E-state index contributed by atoms with van der Waals surface area (Å²) >= 11 is 0. The molecule has 1 aromatic carbocycles. The first-order chi connectivity index (χ1) is 11.7. The number of benzene rings is 1. The van der Waals surface area contributed by atoms with Gasteiger partial charge in [-0.05, 0) is 43.9 Å². The van der Waals surface area contributed by atoms with Crippen LogP contribution in [-0.4, -0.2) is 28.1 Å². The van der Waals surface area contributed by atoms with Crippen molar-refractivity contribution >= 4 is 22.4 Å². The third kappa shape index (κ3) is 4.67. The molecule has 132 valence electrons. The van der Waals surface area contributed by atoms with Crippen LogP contribution in [0.2, 0.25) is 0 Å². The second-order valence-electron chi connectivity index (χ2n) is 6.81. The van der Waals surface area contributed by atoms with E-state index in [9.17, 15) is 9.00 Å². The number of ether oxygens (including phenoxy) is 1. The highest BCUT2D eigenvalue weighted by molar-refractivity contribution is 7.84. The number of hydrogen-bond acceptors (Lipinski definition) is 3. The van der Waals surface area contributed by atoms with E-state index in [-0.39, 0.29) is 17.9 Å². The minimum atomic E-state index is -0.816. The topological polar surface area (TPSA) is 55.4 Å². The Balaban J connectivity index is 1.54. The van der Waals surface area contributed by atoms with Crippen molar-refractivity contribution in [3.05, 3.63) is 29.8 Å². The Morgan fingerprint density at radius 3 is 2.83 bits per heavy atom. The van der Waals surface area contributed by atoms with Gasteiger partial charge in [0.05, 0.1) is 12.0 Å². The van der Waals surface area contributed by atoms with E-state index >= 15 is 0 Å². The Labute approximate surface area is 146 Å². The molecule has 3 atom stereocenters. The second-order valence-corrected chi connectivity index (χ2v) is 8.53. The molecular weight excluding hydrogens is 322 g/mol. The summed E-state index contributed by atoms with van der Waals surface area (Å²) in [5.74, 6) is 0.586. The number of amides is 1. The van der Waals surface area contributed by atoms with Gasteiger partial charge in [-0.25, -0.2) is 0 Å². The largest absolute Gasteiger partial charge is 0.378 e. The van der Waals surface area contributed by atoms with E-state index in [0.717, 1.165) is 30.5 Å². The van der Waals surface area contributed by atoms with E-state index < -0.39 is 10.8 Å². The van der Waals surface area contributed by atoms with Crippen molar-refractivity contribution in [2.24, 2.45) is 5.92 Å². The molecule has 2 fully saturated rings. The standard InChI is InChI=1S/C19H27NO3S/c1-2-23-18-12-17(18)19(21)20-15-8-6-7-14(11-15)13-24(22)16-9-4-3-5-10-16/h6-8,11,16-18H,2-5,9-10,12-13H2,1H3,(H,20,21)/t17-,18+,24+/m0/s1. The molecule has 4 nitrogen and oxygen atoms in total. The molecule has 0 aromatic heterocycles. The van der Waals surface area contributed by atoms with Crippen molar-refractivity contribution < 1.29 is 13.7 Å². The summed E-state index contributed by atoms with van der Waals surface area (Å²) in [6.07, 6.45) is 6.75. The zero-order valence-electron chi connectivity index (χ0n) is 14.3. The molecule has 2 saturated carbocycles. The third-order valence-electron chi connectivity index (χ3n) is 4.88. The Morgan fingerprint density at radius 1 is 1.29 bits per heavy atom. The number of hydrogen-bond donors (Lipinski definition) is 1. The fraction of sp³-hybridized carbons (Fsp3) is 0.632. The van der Waals surface area contributed by atoms with Crippen LogP contribution in [-0.2, 0) is 26.1 Å². The monoisotopic (exact) mass is 349 g/mol. The van der Waals surface area contributed by atoms with E-state index in [4.69, 9.17) is 4.74 Å². The van der Waals surface area contributed by atoms with Gasteiger partial charge in [0.25, 0.3) is 0 Å². The molecule has 5 heteroatoms. The van der Waals surface area contributed by atoms with Crippen LogP contribution in [0.1, 0.15) is 51.0 Å². The maximum Gasteiger partial charge on any atom is 0.230 e. The molecule has 0 aliphatic heterocycles. The smallest absolute Gasteiger partial charge is 0.230 e. The highest BCUT2D eigenvalue weighted by Crippen LogP contribution is 2.34. The molecular formula is C19H27NO3S. The van der Waals surface area contributed by atoms with Gasteiger partial charge in [0.1, 0.15) is 0 Å². The Morgan fingerprint density at radius 2 is 2.08 bits per heavy atom. The fourth-order valence-electron chi connectivity index (χ4n) is 3.43. The summed E-state index contributed by atoms with van der Waals surface area (Å²) in [5.41, 5.74) is 1.83. The molecule has 0 saturated heterocycles. The molecule has 2 aliphatic rings. The number of nitrogens with one attached hydrogen (secondary N) is 1. The first kappa shape index (κ1) is 17.6. The van der Waals surface area contributed by atoms with Crippen LogP contribution in [0, 0.1) is 5.92 Å². The fourth-order valence-corrected chi connectivity index (χ4v) is 5.03. The van der Waals surface area contributed by atoms with Crippen molar-refractivity contribution in [1.82, 2.24) is 0 Å². The molecule has 0 spiro atoms.